The average molecular weight is 467 g/mol. The molecule has 11 heteroatoms. The Bertz CT molecular complexity index is 840. The van der Waals surface area contributed by atoms with Gasteiger partial charge in [-0.3, -0.25) is 14.4 Å². The van der Waals surface area contributed by atoms with Gasteiger partial charge in [0, 0.05) is 27.3 Å². The molecule has 1 aromatic rings. The van der Waals surface area contributed by atoms with Gasteiger partial charge in [0.05, 0.1) is 12.7 Å². The summed E-state index contributed by atoms with van der Waals surface area (Å²) in [6, 6.07) is 6.72. The van der Waals surface area contributed by atoms with Gasteiger partial charge < -0.3 is 33.7 Å². The minimum atomic E-state index is -1.20. The monoisotopic (exact) mass is 467 g/mol. The first kappa shape index (κ1) is 25.9. The average Bonchev–Trinajstić information content (AvgIpc) is 2.72. The van der Waals surface area contributed by atoms with Gasteiger partial charge in [0.2, 0.25) is 12.4 Å². The van der Waals surface area contributed by atoms with Gasteiger partial charge in [0.1, 0.15) is 5.75 Å². The molecule has 0 aromatic heterocycles. The van der Waals surface area contributed by atoms with Gasteiger partial charge in [-0.25, -0.2) is 4.79 Å². The third kappa shape index (κ3) is 7.94. The molecular weight excluding hydrogens is 438 g/mol. The molecule has 1 aromatic carbocycles. The summed E-state index contributed by atoms with van der Waals surface area (Å²) in [6.07, 6.45) is -5.75. The van der Waals surface area contributed by atoms with Crippen molar-refractivity contribution in [1.29, 1.82) is 0 Å². The van der Waals surface area contributed by atoms with E-state index >= 15 is 0 Å². The maximum absolute atomic E-state index is 11.7. The van der Waals surface area contributed by atoms with Crippen molar-refractivity contribution in [3.8, 4) is 5.75 Å². The molecule has 0 saturated carbocycles. The first-order chi connectivity index (χ1) is 15.6. The molecule has 1 aliphatic rings. The van der Waals surface area contributed by atoms with E-state index in [-0.39, 0.29) is 13.2 Å². The van der Waals surface area contributed by atoms with Crippen LogP contribution < -0.4 is 10.1 Å². The van der Waals surface area contributed by atoms with Crippen molar-refractivity contribution >= 4 is 24.0 Å². The summed E-state index contributed by atoms with van der Waals surface area (Å²) in [7, 11) is 0. The van der Waals surface area contributed by atoms with Crippen LogP contribution in [0.15, 0.2) is 24.3 Å². The highest BCUT2D eigenvalue weighted by atomic mass is 16.7. The number of carbonyl (C=O) groups excluding carboxylic acids is 4. The normalized spacial score (nSPS) is 24.2. The Hall–Kier alpha value is -3.34. The summed E-state index contributed by atoms with van der Waals surface area (Å²) < 4.78 is 32.5. The van der Waals surface area contributed by atoms with Crippen LogP contribution in [-0.2, 0) is 44.6 Å². The zero-order valence-electron chi connectivity index (χ0n) is 19.2. The number of nitrogens with one attached hydrogen (secondary N) is 1. The molecule has 1 aliphatic heterocycles. The Morgan fingerprint density at radius 2 is 1.42 bits per heavy atom. The Morgan fingerprint density at radius 1 is 0.879 bits per heavy atom. The van der Waals surface area contributed by atoms with Crippen molar-refractivity contribution < 1.29 is 47.6 Å². The largest absolute Gasteiger partial charge is 0.461 e. The standard InChI is InChI=1S/C22H29NO10/c1-6-28-22(27)23-11-16-7-9-17(10-8-16)33-21-20(32-15(5)26)19(31-14(4)25)18(12(2)29-21)30-13(3)24/h7-10,12,18-21H,6,11H2,1-5H3,(H,23,27)/t12-,18-,19-,20-,21+/m1/s1. The lowest BCUT2D eigenvalue weighted by molar-refractivity contribution is -0.280. The smallest absolute Gasteiger partial charge is 0.407 e. The van der Waals surface area contributed by atoms with Crippen molar-refractivity contribution in [2.45, 2.75) is 71.9 Å². The molecular formula is C22H29NO10. The molecule has 1 N–H and O–H groups in total. The molecule has 0 radical (unpaired) electrons. The van der Waals surface area contributed by atoms with Crippen molar-refractivity contribution in [1.82, 2.24) is 5.32 Å². The lowest BCUT2D eigenvalue weighted by Gasteiger charge is -2.43. The number of carbonyl (C=O) groups is 4. The Labute approximate surface area is 191 Å². The molecule has 5 atom stereocenters. The van der Waals surface area contributed by atoms with Gasteiger partial charge in [-0.05, 0) is 31.5 Å². The van der Waals surface area contributed by atoms with Crippen LogP contribution in [-0.4, -0.2) is 61.3 Å². The molecule has 0 aliphatic carbocycles. The fourth-order valence-corrected chi connectivity index (χ4v) is 3.24. The minimum absolute atomic E-state index is 0.255. The second kappa shape index (κ2) is 12.0. The highest BCUT2D eigenvalue weighted by Crippen LogP contribution is 2.30. The molecule has 2 rings (SSSR count). The predicted octanol–water partition coefficient (Wildman–Crippen LogP) is 1.85. The molecule has 182 valence electrons. The zero-order chi connectivity index (χ0) is 24.5. The minimum Gasteiger partial charge on any atom is -0.461 e. The third-order valence-corrected chi connectivity index (χ3v) is 4.52. The maximum atomic E-state index is 11.7. The number of amides is 1. The van der Waals surface area contributed by atoms with Crippen LogP contribution in [0.2, 0.25) is 0 Å². The van der Waals surface area contributed by atoms with Crippen LogP contribution in [0.3, 0.4) is 0 Å². The topological polar surface area (TPSA) is 136 Å². The van der Waals surface area contributed by atoms with Crippen LogP contribution >= 0.6 is 0 Å². The molecule has 11 nitrogen and oxygen atoms in total. The number of esters is 3. The summed E-state index contributed by atoms with van der Waals surface area (Å²) in [4.78, 5) is 46.4. The van der Waals surface area contributed by atoms with Gasteiger partial charge in [0.15, 0.2) is 12.2 Å². The molecule has 1 heterocycles. The molecule has 1 amide bonds. The lowest BCUT2D eigenvalue weighted by Crippen LogP contribution is -2.62. The summed E-state index contributed by atoms with van der Waals surface area (Å²) >= 11 is 0. The lowest BCUT2D eigenvalue weighted by atomic mass is 9.99. The van der Waals surface area contributed by atoms with E-state index in [4.69, 9.17) is 28.4 Å². The van der Waals surface area contributed by atoms with Crippen molar-refractivity contribution in [3.05, 3.63) is 29.8 Å². The first-order valence-electron chi connectivity index (χ1n) is 10.4. The summed E-state index contributed by atoms with van der Waals surface area (Å²) in [6.45, 7) is 7.44. The number of rotatable bonds is 8. The molecule has 0 unspecified atom stereocenters. The van der Waals surface area contributed by atoms with Gasteiger partial charge in [-0.2, -0.15) is 0 Å². The van der Waals surface area contributed by atoms with Crippen LogP contribution in [0.4, 0.5) is 4.79 Å². The van der Waals surface area contributed by atoms with Crippen molar-refractivity contribution in [2.75, 3.05) is 6.61 Å². The number of hydrogen-bond acceptors (Lipinski definition) is 10. The number of benzene rings is 1. The van der Waals surface area contributed by atoms with E-state index in [1.54, 1.807) is 38.1 Å². The van der Waals surface area contributed by atoms with E-state index < -0.39 is 54.7 Å². The van der Waals surface area contributed by atoms with E-state index in [9.17, 15) is 19.2 Å². The van der Waals surface area contributed by atoms with Crippen LogP contribution in [0, 0.1) is 0 Å². The van der Waals surface area contributed by atoms with Crippen molar-refractivity contribution in [3.63, 3.8) is 0 Å². The highest BCUT2D eigenvalue weighted by molar-refractivity contribution is 5.68. The maximum Gasteiger partial charge on any atom is 0.407 e. The summed E-state index contributed by atoms with van der Waals surface area (Å²) in [5.41, 5.74) is 0.789. The number of ether oxygens (including phenoxy) is 6. The quantitative estimate of drug-likeness (QED) is 0.446. The molecule has 0 spiro atoms. The van der Waals surface area contributed by atoms with Crippen molar-refractivity contribution in [2.24, 2.45) is 0 Å². The van der Waals surface area contributed by atoms with Gasteiger partial charge in [-0.1, -0.05) is 12.1 Å². The molecule has 1 fully saturated rings. The summed E-state index contributed by atoms with van der Waals surface area (Å²) in [5, 5.41) is 2.61. The SMILES string of the molecule is CCOC(=O)NCc1ccc(O[C@@H]2O[C@H](C)[C@@H](OC(C)=O)[C@@H](OC(C)=O)[C@H]2OC(C)=O)cc1. The molecule has 1 saturated heterocycles. The fraction of sp³-hybridized carbons (Fsp3) is 0.545. The number of hydrogen-bond donors (Lipinski definition) is 1. The first-order valence-corrected chi connectivity index (χ1v) is 10.4. The Balaban J connectivity index is 2.19. The molecule has 0 bridgehead atoms. The summed E-state index contributed by atoms with van der Waals surface area (Å²) in [5.74, 6) is -1.55. The van der Waals surface area contributed by atoms with Crippen LogP contribution in [0.25, 0.3) is 0 Å². The number of alkyl carbamates (subject to hydrolysis) is 1. The molecule has 33 heavy (non-hydrogen) atoms. The Morgan fingerprint density at radius 3 is 1.97 bits per heavy atom. The fourth-order valence-electron chi connectivity index (χ4n) is 3.24. The van der Waals surface area contributed by atoms with Gasteiger partial charge in [0.25, 0.3) is 0 Å². The second-order valence-electron chi connectivity index (χ2n) is 7.27. The van der Waals surface area contributed by atoms with Gasteiger partial charge >= 0.3 is 24.0 Å². The van der Waals surface area contributed by atoms with E-state index in [2.05, 4.69) is 5.32 Å². The van der Waals surface area contributed by atoms with Gasteiger partial charge in [-0.15, -0.1) is 0 Å². The third-order valence-electron chi connectivity index (χ3n) is 4.52. The zero-order valence-corrected chi connectivity index (χ0v) is 19.2. The highest BCUT2D eigenvalue weighted by Gasteiger charge is 2.51. The van der Waals surface area contributed by atoms with E-state index in [1.807, 2.05) is 0 Å². The van der Waals surface area contributed by atoms with E-state index in [0.717, 1.165) is 5.56 Å². The second-order valence-corrected chi connectivity index (χ2v) is 7.27. The van der Waals surface area contributed by atoms with Crippen LogP contribution in [0.1, 0.15) is 40.2 Å². The predicted molar refractivity (Wildman–Crippen MR) is 112 cm³/mol. The van der Waals surface area contributed by atoms with E-state index in [0.29, 0.717) is 5.75 Å². The van der Waals surface area contributed by atoms with E-state index in [1.165, 1.54) is 20.8 Å². The Kier molecular flexibility index (Phi) is 9.46. The van der Waals surface area contributed by atoms with Crippen LogP contribution in [0.5, 0.6) is 5.75 Å².